The normalized spacial score (nSPS) is 26.7. The topological polar surface area (TPSA) is 60.8 Å². The van der Waals surface area contributed by atoms with Crippen LogP contribution in [0.3, 0.4) is 0 Å². The van der Waals surface area contributed by atoms with Crippen LogP contribution in [0.15, 0.2) is 0 Å². The summed E-state index contributed by atoms with van der Waals surface area (Å²) in [4.78, 5) is 12.4. The third-order valence-corrected chi connectivity index (χ3v) is 2.75. The van der Waals surface area contributed by atoms with Crippen molar-refractivity contribution in [2.24, 2.45) is 5.92 Å². The Morgan fingerprint density at radius 3 is 2.50 bits per heavy atom. The highest BCUT2D eigenvalue weighted by Gasteiger charge is 2.52. The second-order valence-corrected chi connectivity index (χ2v) is 3.79. The molecule has 4 heteroatoms. The SMILES string of the molecule is O=C(CO)N1CC(O)(C2CC2)C1. The van der Waals surface area contributed by atoms with Gasteiger partial charge < -0.3 is 15.1 Å². The van der Waals surface area contributed by atoms with Crippen LogP contribution in [-0.2, 0) is 4.79 Å². The van der Waals surface area contributed by atoms with Crippen LogP contribution in [-0.4, -0.2) is 46.3 Å². The first-order chi connectivity index (χ1) is 5.65. The minimum atomic E-state index is -0.620. The highest BCUT2D eigenvalue weighted by Crippen LogP contribution is 2.44. The Labute approximate surface area is 70.8 Å². The molecule has 0 spiro atoms. The molecular weight excluding hydrogens is 158 g/mol. The first-order valence-electron chi connectivity index (χ1n) is 4.27. The molecule has 2 aliphatic rings. The number of aliphatic hydroxyl groups excluding tert-OH is 1. The number of aliphatic hydroxyl groups is 2. The molecule has 0 aromatic heterocycles. The second-order valence-electron chi connectivity index (χ2n) is 3.79. The van der Waals surface area contributed by atoms with Crippen molar-refractivity contribution in [3.63, 3.8) is 0 Å². The Bertz CT molecular complexity index is 206. The fraction of sp³-hybridized carbons (Fsp3) is 0.875. The lowest BCUT2D eigenvalue weighted by molar-refractivity contribution is -0.161. The zero-order valence-corrected chi connectivity index (χ0v) is 6.86. The van der Waals surface area contributed by atoms with Gasteiger partial charge in [-0.25, -0.2) is 0 Å². The highest BCUT2D eigenvalue weighted by molar-refractivity contribution is 5.78. The van der Waals surface area contributed by atoms with E-state index in [1.165, 1.54) is 4.90 Å². The number of hydrogen-bond donors (Lipinski definition) is 2. The molecule has 1 saturated heterocycles. The molecular formula is C8H13NO3. The van der Waals surface area contributed by atoms with Gasteiger partial charge in [0.05, 0.1) is 13.1 Å². The van der Waals surface area contributed by atoms with Crippen molar-refractivity contribution in [3.05, 3.63) is 0 Å². The quantitative estimate of drug-likeness (QED) is 0.558. The van der Waals surface area contributed by atoms with Crippen LogP contribution in [0.25, 0.3) is 0 Å². The van der Waals surface area contributed by atoms with Crippen LogP contribution in [0.1, 0.15) is 12.8 Å². The average Bonchev–Trinajstić information content (AvgIpc) is 2.79. The predicted octanol–water partition coefficient (Wildman–Crippen LogP) is -1.04. The molecule has 68 valence electrons. The minimum absolute atomic E-state index is 0.277. The Morgan fingerprint density at radius 1 is 1.50 bits per heavy atom. The van der Waals surface area contributed by atoms with Crippen LogP contribution in [0.2, 0.25) is 0 Å². The number of β-amino-alcohol motifs (C(OH)–C–C–N with tert-alkyl or cyclic N) is 1. The molecule has 0 unspecified atom stereocenters. The van der Waals surface area contributed by atoms with E-state index in [1.807, 2.05) is 0 Å². The number of carbonyl (C=O) groups is 1. The number of amides is 1. The molecule has 2 N–H and O–H groups in total. The number of rotatable bonds is 2. The van der Waals surface area contributed by atoms with Crippen molar-refractivity contribution in [2.75, 3.05) is 19.7 Å². The number of nitrogens with zero attached hydrogens (tertiary/aromatic N) is 1. The van der Waals surface area contributed by atoms with Crippen molar-refractivity contribution in [2.45, 2.75) is 18.4 Å². The average molecular weight is 171 g/mol. The van der Waals surface area contributed by atoms with Gasteiger partial charge in [-0.15, -0.1) is 0 Å². The van der Waals surface area contributed by atoms with Gasteiger partial charge in [0.2, 0.25) is 5.91 Å². The summed E-state index contributed by atoms with van der Waals surface area (Å²) >= 11 is 0. The van der Waals surface area contributed by atoms with Crippen molar-refractivity contribution in [1.29, 1.82) is 0 Å². The first-order valence-corrected chi connectivity index (χ1v) is 4.27. The maximum absolute atomic E-state index is 10.9. The smallest absolute Gasteiger partial charge is 0.248 e. The summed E-state index contributed by atoms with van der Waals surface area (Å²) in [5.74, 6) is 0.126. The third-order valence-electron chi connectivity index (χ3n) is 2.75. The van der Waals surface area contributed by atoms with E-state index in [0.717, 1.165) is 12.8 Å². The molecule has 1 aliphatic heterocycles. The van der Waals surface area contributed by atoms with E-state index in [2.05, 4.69) is 0 Å². The van der Waals surface area contributed by atoms with Gasteiger partial charge in [-0.3, -0.25) is 4.79 Å². The molecule has 2 rings (SSSR count). The van der Waals surface area contributed by atoms with E-state index < -0.39 is 12.2 Å². The second kappa shape index (κ2) is 2.44. The van der Waals surface area contributed by atoms with Crippen molar-refractivity contribution in [1.82, 2.24) is 4.90 Å². The summed E-state index contributed by atoms with van der Waals surface area (Å²) in [6, 6.07) is 0. The van der Waals surface area contributed by atoms with E-state index in [-0.39, 0.29) is 5.91 Å². The number of hydrogen-bond acceptors (Lipinski definition) is 3. The molecule has 0 aromatic rings. The van der Waals surface area contributed by atoms with Gasteiger partial charge >= 0.3 is 0 Å². The highest BCUT2D eigenvalue weighted by atomic mass is 16.3. The Morgan fingerprint density at radius 2 is 2.08 bits per heavy atom. The largest absolute Gasteiger partial charge is 0.387 e. The first kappa shape index (κ1) is 8.01. The molecule has 1 aliphatic carbocycles. The van der Waals surface area contributed by atoms with Gasteiger partial charge in [-0.05, 0) is 18.8 Å². The van der Waals surface area contributed by atoms with Gasteiger partial charge in [0.25, 0.3) is 0 Å². The monoisotopic (exact) mass is 171 g/mol. The van der Waals surface area contributed by atoms with Gasteiger partial charge in [0.15, 0.2) is 0 Å². The van der Waals surface area contributed by atoms with E-state index in [4.69, 9.17) is 5.11 Å². The molecule has 0 aromatic carbocycles. The Balaban J connectivity index is 1.85. The summed E-state index contributed by atoms with van der Waals surface area (Å²) in [7, 11) is 0. The lowest BCUT2D eigenvalue weighted by Gasteiger charge is -2.46. The van der Waals surface area contributed by atoms with E-state index in [0.29, 0.717) is 19.0 Å². The zero-order chi connectivity index (χ0) is 8.77. The van der Waals surface area contributed by atoms with Gasteiger partial charge in [0, 0.05) is 0 Å². The van der Waals surface area contributed by atoms with Crippen LogP contribution in [0, 0.1) is 5.92 Å². The standard InChI is InChI=1S/C8H13NO3/c10-3-7(11)9-4-8(12,5-9)6-1-2-6/h6,10,12H,1-5H2. The Hall–Kier alpha value is -0.610. The number of carbonyl (C=O) groups excluding carboxylic acids is 1. The molecule has 0 atom stereocenters. The van der Waals surface area contributed by atoms with Crippen molar-refractivity contribution < 1.29 is 15.0 Å². The molecule has 1 saturated carbocycles. The summed E-state index contributed by atoms with van der Waals surface area (Å²) < 4.78 is 0. The zero-order valence-electron chi connectivity index (χ0n) is 6.86. The van der Waals surface area contributed by atoms with Crippen molar-refractivity contribution >= 4 is 5.91 Å². The summed E-state index contributed by atoms with van der Waals surface area (Å²) in [5.41, 5.74) is -0.620. The molecule has 1 heterocycles. The number of likely N-dealkylation sites (tertiary alicyclic amines) is 1. The van der Waals surface area contributed by atoms with Crippen LogP contribution < -0.4 is 0 Å². The van der Waals surface area contributed by atoms with Crippen LogP contribution >= 0.6 is 0 Å². The third kappa shape index (κ3) is 1.11. The molecule has 2 fully saturated rings. The van der Waals surface area contributed by atoms with E-state index >= 15 is 0 Å². The van der Waals surface area contributed by atoms with E-state index in [1.54, 1.807) is 0 Å². The van der Waals surface area contributed by atoms with Gasteiger partial charge in [-0.1, -0.05) is 0 Å². The Kier molecular flexibility index (Phi) is 1.63. The summed E-state index contributed by atoms with van der Waals surface area (Å²) in [6.45, 7) is 0.384. The lowest BCUT2D eigenvalue weighted by atomic mass is 9.89. The summed E-state index contributed by atoms with van der Waals surface area (Å²) in [5, 5.41) is 18.3. The van der Waals surface area contributed by atoms with Crippen LogP contribution in [0.4, 0.5) is 0 Å². The fourth-order valence-electron chi connectivity index (χ4n) is 1.77. The molecule has 0 bridgehead atoms. The minimum Gasteiger partial charge on any atom is -0.387 e. The van der Waals surface area contributed by atoms with E-state index in [9.17, 15) is 9.90 Å². The van der Waals surface area contributed by atoms with Crippen LogP contribution in [0.5, 0.6) is 0 Å². The molecule has 1 amide bonds. The fourth-order valence-corrected chi connectivity index (χ4v) is 1.77. The summed E-state index contributed by atoms with van der Waals surface area (Å²) in [6.07, 6.45) is 2.16. The predicted molar refractivity (Wildman–Crippen MR) is 41.3 cm³/mol. The maximum Gasteiger partial charge on any atom is 0.248 e. The van der Waals surface area contributed by atoms with Crippen molar-refractivity contribution in [3.8, 4) is 0 Å². The van der Waals surface area contributed by atoms with Gasteiger partial charge in [-0.2, -0.15) is 0 Å². The lowest BCUT2D eigenvalue weighted by Crippen LogP contribution is -2.65. The maximum atomic E-state index is 10.9. The molecule has 0 radical (unpaired) electrons. The molecule has 4 nitrogen and oxygen atoms in total. The molecule has 12 heavy (non-hydrogen) atoms. The van der Waals surface area contributed by atoms with Gasteiger partial charge in [0.1, 0.15) is 12.2 Å².